The summed E-state index contributed by atoms with van der Waals surface area (Å²) in [7, 11) is 0. The van der Waals surface area contributed by atoms with Gasteiger partial charge in [0.05, 0.1) is 0 Å². The van der Waals surface area contributed by atoms with E-state index in [-0.39, 0.29) is 11.6 Å². The Bertz CT molecular complexity index is 669. The van der Waals surface area contributed by atoms with E-state index in [1.165, 1.54) is 12.1 Å². The zero-order valence-corrected chi connectivity index (χ0v) is 11.9. The second-order valence-corrected chi connectivity index (χ2v) is 4.96. The van der Waals surface area contributed by atoms with E-state index in [0.717, 1.165) is 11.6 Å². The average molecular weight is 288 g/mol. The molecule has 0 spiro atoms. The molecule has 0 heterocycles. The summed E-state index contributed by atoms with van der Waals surface area (Å²) in [5.74, 6) is 0.291. The largest absolute Gasteiger partial charge is 0.454 e. The van der Waals surface area contributed by atoms with Gasteiger partial charge in [-0.15, -0.1) is 0 Å². The Hall–Kier alpha value is -2.56. The SMILES string of the molecule is CC(C)c1cccc(Oc2ccc(/C(N)=N/O)cc2F)c1. The van der Waals surface area contributed by atoms with Gasteiger partial charge in [0.1, 0.15) is 5.75 Å². The first-order chi connectivity index (χ1) is 10.0. The molecule has 2 aromatic rings. The van der Waals surface area contributed by atoms with Crippen LogP contribution in [0.5, 0.6) is 11.5 Å². The molecule has 2 aromatic carbocycles. The highest BCUT2D eigenvalue weighted by Crippen LogP contribution is 2.27. The lowest BCUT2D eigenvalue weighted by Gasteiger charge is -2.11. The van der Waals surface area contributed by atoms with Gasteiger partial charge in [-0.3, -0.25) is 0 Å². The smallest absolute Gasteiger partial charge is 0.170 e. The van der Waals surface area contributed by atoms with E-state index in [4.69, 9.17) is 15.7 Å². The summed E-state index contributed by atoms with van der Waals surface area (Å²) in [5.41, 5.74) is 6.81. The highest BCUT2D eigenvalue weighted by atomic mass is 19.1. The molecule has 0 aliphatic heterocycles. The Labute approximate surface area is 122 Å². The van der Waals surface area contributed by atoms with Gasteiger partial charge in [-0.2, -0.15) is 0 Å². The lowest BCUT2D eigenvalue weighted by molar-refractivity contribution is 0.318. The third kappa shape index (κ3) is 3.51. The highest BCUT2D eigenvalue weighted by Gasteiger charge is 2.09. The van der Waals surface area contributed by atoms with E-state index in [2.05, 4.69) is 19.0 Å². The molecule has 0 saturated heterocycles. The Balaban J connectivity index is 2.26. The molecule has 0 unspecified atom stereocenters. The number of hydrogen-bond donors (Lipinski definition) is 2. The molecule has 0 amide bonds. The lowest BCUT2D eigenvalue weighted by Crippen LogP contribution is -2.13. The first-order valence-corrected chi connectivity index (χ1v) is 6.56. The van der Waals surface area contributed by atoms with Crippen LogP contribution in [-0.2, 0) is 0 Å². The molecule has 4 nitrogen and oxygen atoms in total. The van der Waals surface area contributed by atoms with Gasteiger partial charge in [-0.1, -0.05) is 31.1 Å². The predicted octanol–water partition coefficient (Wildman–Crippen LogP) is 3.84. The summed E-state index contributed by atoms with van der Waals surface area (Å²) in [6.07, 6.45) is 0. The van der Waals surface area contributed by atoms with E-state index in [9.17, 15) is 4.39 Å². The molecule has 0 bridgehead atoms. The molecule has 2 rings (SSSR count). The van der Waals surface area contributed by atoms with Crippen LogP contribution in [0.2, 0.25) is 0 Å². The molecular weight excluding hydrogens is 271 g/mol. The summed E-state index contributed by atoms with van der Waals surface area (Å²) in [6.45, 7) is 4.15. The number of oxime groups is 1. The van der Waals surface area contributed by atoms with E-state index < -0.39 is 5.82 Å². The van der Waals surface area contributed by atoms with Crippen molar-refractivity contribution < 1.29 is 14.3 Å². The van der Waals surface area contributed by atoms with Crippen LogP contribution in [0.15, 0.2) is 47.6 Å². The van der Waals surface area contributed by atoms with Gasteiger partial charge in [-0.05, 0) is 41.8 Å². The lowest BCUT2D eigenvalue weighted by atomic mass is 10.0. The van der Waals surface area contributed by atoms with Crippen LogP contribution >= 0.6 is 0 Å². The quantitative estimate of drug-likeness (QED) is 0.389. The van der Waals surface area contributed by atoms with E-state index in [1.807, 2.05) is 18.2 Å². The number of benzene rings is 2. The van der Waals surface area contributed by atoms with Crippen molar-refractivity contribution in [1.29, 1.82) is 0 Å². The summed E-state index contributed by atoms with van der Waals surface area (Å²) in [5, 5.41) is 11.4. The van der Waals surface area contributed by atoms with Crippen LogP contribution in [0.3, 0.4) is 0 Å². The topological polar surface area (TPSA) is 67.8 Å². The van der Waals surface area contributed by atoms with Crippen molar-refractivity contribution in [3.05, 3.63) is 59.4 Å². The number of hydrogen-bond acceptors (Lipinski definition) is 3. The fraction of sp³-hybridized carbons (Fsp3) is 0.188. The Kier molecular flexibility index (Phi) is 4.42. The molecule has 110 valence electrons. The van der Waals surface area contributed by atoms with Gasteiger partial charge in [0.25, 0.3) is 0 Å². The minimum Gasteiger partial charge on any atom is -0.454 e. The van der Waals surface area contributed by atoms with Crippen LogP contribution < -0.4 is 10.5 Å². The van der Waals surface area contributed by atoms with Gasteiger partial charge in [0, 0.05) is 5.56 Å². The fourth-order valence-electron chi connectivity index (χ4n) is 1.86. The molecule has 0 saturated carbocycles. The van der Waals surface area contributed by atoms with Crippen LogP contribution in [0.1, 0.15) is 30.9 Å². The maximum absolute atomic E-state index is 14.0. The third-order valence-corrected chi connectivity index (χ3v) is 3.09. The molecule has 0 radical (unpaired) electrons. The molecule has 0 fully saturated rings. The summed E-state index contributed by atoms with van der Waals surface area (Å²) in [6, 6.07) is 11.6. The van der Waals surface area contributed by atoms with Gasteiger partial charge in [-0.25, -0.2) is 4.39 Å². The Morgan fingerprint density at radius 2 is 2.00 bits per heavy atom. The van der Waals surface area contributed by atoms with E-state index in [1.54, 1.807) is 6.07 Å². The highest BCUT2D eigenvalue weighted by molar-refractivity contribution is 5.97. The van der Waals surface area contributed by atoms with Gasteiger partial charge in [0.15, 0.2) is 17.4 Å². The second-order valence-electron chi connectivity index (χ2n) is 4.96. The number of amidine groups is 1. The fourth-order valence-corrected chi connectivity index (χ4v) is 1.86. The van der Waals surface area contributed by atoms with Crippen molar-refractivity contribution >= 4 is 5.84 Å². The molecule has 21 heavy (non-hydrogen) atoms. The van der Waals surface area contributed by atoms with Crippen molar-refractivity contribution in [1.82, 2.24) is 0 Å². The molecule has 0 atom stereocenters. The van der Waals surface area contributed by atoms with Crippen LogP contribution in [0.4, 0.5) is 4.39 Å². The summed E-state index contributed by atoms with van der Waals surface area (Å²) in [4.78, 5) is 0. The van der Waals surface area contributed by atoms with Gasteiger partial charge in [0.2, 0.25) is 0 Å². The predicted molar refractivity (Wildman–Crippen MR) is 79.5 cm³/mol. The van der Waals surface area contributed by atoms with Gasteiger partial charge >= 0.3 is 0 Å². The number of ether oxygens (including phenoxy) is 1. The number of nitrogens with two attached hydrogens (primary N) is 1. The van der Waals surface area contributed by atoms with E-state index >= 15 is 0 Å². The maximum atomic E-state index is 14.0. The normalized spacial score (nSPS) is 11.7. The average Bonchev–Trinajstić information content (AvgIpc) is 2.48. The van der Waals surface area contributed by atoms with Crippen LogP contribution in [0.25, 0.3) is 0 Å². The van der Waals surface area contributed by atoms with Crippen molar-refractivity contribution in [3.63, 3.8) is 0 Å². The second kappa shape index (κ2) is 6.26. The third-order valence-electron chi connectivity index (χ3n) is 3.09. The summed E-state index contributed by atoms with van der Waals surface area (Å²) < 4.78 is 19.5. The Morgan fingerprint density at radius 3 is 2.62 bits per heavy atom. The molecular formula is C16H17FN2O2. The molecule has 0 aliphatic carbocycles. The van der Waals surface area contributed by atoms with Crippen LogP contribution in [0, 0.1) is 5.82 Å². The minimum absolute atomic E-state index is 0.0883. The van der Waals surface area contributed by atoms with Crippen molar-refractivity contribution in [2.75, 3.05) is 0 Å². The molecule has 5 heteroatoms. The summed E-state index contributed by atoms with van der Waals surface area (Å²) >= 11 is 0. The maximum Gasteiger partial charge on any atom is 0.170 e. The Morgan fingerprint density at radius 1 is 1.24 bits per heavy atom. The molecule has 3 N–H and O–H groups in total. The van der Waals surface area contributed by atoms with Crippen molar-refractivity contribution in [2.24, 2.45) is 10.9 Å². The molecule has 0 aliphatic rings. The first-order valence-electron chi connectivity index (χ1n) is 6.56. The van der Waals surface area contributed by atoms with Gasteiger partial charge < -0.3 is 15.7 Å². The first kappa shape index (κ1) is 14.8. The minimum atomic E-state index is -0.575. The number of nitrogens with zero attached hydrogens (tertiary/aromatic N) is 1. The zero-order valence-electron chi connectivity index (χ0n) is 11.9. The van der Waals surface area contributed by atoms with E-state index in [0.29, 0.717) is 17.2 Å². The zero-order chi connectivity index (χ0) is 15.4. The monoisotopic (exact) mass is 288 g/mol. The standard InChI is InChI=1S/C16H17FN2O2/c1-10(2)11-4-3-5-13(8-11)21-15-7-6-12(9-14(15)17)16(18)19-20/h3-10,20H,1-2H3,(H2,18,19). The number of rotatable bonds is 4. The molecule has 0 aromatic heterocycles. The van der Waals surface area contributed by atoms with Crippen LogP contribution in [-0.4, -0.2) is 11.0 Å². The van der Waals surface area contributed by atoms with Crippen molar-refractivity contribution in [2.45, 2.75) is 19.8 Å². The van der Waals surface area contributed by atoms with Crippen molar-refractivity contribution in [3.8, 4) is 11.5 Å². The number of halogens is 1.